The highest BCUT2D eigenvalue weighted by Crippen LogP contribution is 2.21. The molecule has 1 aliphatic rings. The van der Waals surface area contributed by atoms with Crippen LogP contribution in [0.2, 0.25) is 0 Å². The highest BCUT2D eigenvalue weighted by Gasteiger charge is 2.20. The highest BCUT2D eigenvalue weighted by molar-refractivity contribution is 7.98. The number of nitrogens with one attached hydrogen (secondary N) is 1. The third kappa shape index (κ3) is 4.82. The normalized spacial score (nSPS) is 15.6. The van der Waals surface area contributed by atoms with Crippen LogP contribution in [0, 0.1) is 0 Å². The summed E-state index contributed by atoms with van der Waals surface area (Å²) in [5.74, 6) is -0.0230. The molecule has 1 fully saturated rings. The summed E-state index contributed by atoms with van der Waals surface area (Å²) in [6, 6.07) is 13.3. The Hall–Kier alpha value is -2.03. The number of likely N-dealkylation sites (N-methyl/N-ethyl adjacent to an activating group) is 1. The number of amides is 1. The maximum absolute atomic E-state index is 12.6. The van der Waals surface area contributed by atoms with Gasteiger partial charge in [0.05, 0.1) is 4.90 Å². The zero-order chi connectivity index (χ0) is 19.4. The fraction of sp³-hybridized carbons (Fsp3) is 0.316. The number of sulfonamides is 1. The lowest BCUT2D eigenvalue weighted by Gasteiger charge is -2.32. The van der Waals surface area contributed by atoms with Crippen LogP contribution < -0.4 is 4.72 Å². The van der Waals surface area contributed by atoms with E-state index in [9.17, 15) is 13.2 Å². The van der Waals surface area contributed by atoms with Gasteiger partial charge in [-0.05, 0) is 61.8 Å². The van der Waals surface area contributed by atoms with E-state index in [4.69, 9.17) is 0 Å². The van der Waals surface area contributed by atoms with Crippen molar-refractivity contribution in [1.29, 1.82) is 0 Å². The van der Waals surface area contributed by atoms with E-state index in [1.165, 1.54) is 0 Å². The molecule has 0 radical (unpaired) electrons. The van der Waals surface area contributed by atoms with Crippen LogP contribution in [0.4, 0.5) is 5.69 Å². The first kappa shape index (κ1) is 19.7. The lowest BCUT2D eigenvalue weighted by Crippen LogP contribution is -2.47. The van der Waals surface area contributed by atoms with E-state index in [2.05, 4.69) is 9.62 Å². The summed E-state index contributed by atoms with van der Waals surface area (Å²) in [6.07, 6.45) is 1.94. The predicted octanol–water partition coefficient (Wildman–Crippen LogP) is 2.60. The van der Waals surface area contributed by atoms with Crippen molar-refractivity contribution in [2.75, 3.05) is 44.2 Å². The first-order valence-corrected chi connectivity index (χ1v) is 11.3. The third-order valence-corrected chi connectivity index (χ3v) is 6.69. The Morgan fingerprint density at radius 1 is 0.963 bits per heavy atom. The maximum Gasteiger partial charge on any atom is 0.261 e. The van der Waals surface area contributed by atoms with Crippen molar-refractivity contribution in [3.63, 3.8) is 0 Å². The molecule has 0 saturated carbocycles. The highest BCUT2D eigenvalue weighted by atomic mass is 32.2. The Kier molecular flexibility index (Phi) is 6.08. The molecule has 1 amide bonds. The number of hydrogen-bond donors (Lipinski definition) is 1. The SMILES string of the molecule is CSc1ccc(S(=O)(=O)Nc2ccc(C(=O)N3CCN(C)CC3)cc2)cc1. The van der Waals surface area contributed by atoms with Crippen molar-refractivity contribution in [3.05, 3.63) is 54.1 Å². The van der Waals surface area contributed by atoms with Gasteiger partial charge in [-0.3, -0.25) is 9.52 Å². The average Bonchev–Trinajstić information content (AvgIpc) is 2.68. The molecular weight excluding hydrogens is 382 g/mol. The number of benzene rings is 2. The second-order valence-electron chi connectivity index (χ2n) is 6.45. The minimum absolute atomic E-state index is 0.0230. The molecule has 1 N–H and O–H groups in total. The van der Waals surface area contributed by atoms with Gasteiger partial charge in [0, 0.05) is 42.3 Å². The molecule has 2 aromatic carbocycles. The first-order valence-electron chi connectivity index (χ1n) is 8.64. The average molecular weight is 406 g/mol. The topological polar surface area (TPSA) is 69.7 Å². The summed E-state index contributed by atoms with van der Waals surface area (Å²) in [7, 11) is -1.62. The van der Waals surface area contributed by atoms with Crippen LogP contribution in [0.1, 0.15) is 10.4 Å². The summed E-state index contributed by atoms with van der Waals surface area (Å²) < 4.78 is 27.6. The number of piperazine rings is 1. The van der Waals surface area contributed by atoms with Gasteiger partial charge < -0.3 is 9.80 Å². The van der Waals surface area contributed by atoms with Crippen molar-refractivity contribution >= 4 is 33.4 Å². The molecule has 1 heterocycles. The lowest BCUT2D eigenvalue weighted by atomic mass is 10.1. The first-order chi connectivity index (χ1) is 12.9. The Labute approximate surface area is 164 Å². The maximum atomic E-state index is 12.6. The molecule has 1 aliphatic heterocycles. The number of thioether (sulfide) groups is 1. The van der Waals surface area contributed by atoms with Gasteiger partial charge in [-0.25, -0.2) is 8.42 Å². The van der Waals surface area contributed by atoms with Crippen molar-refractivity contribution in [2.24, 2.45) is 0 Å². The molecule has 0 spiro atoms. The molecule has 144 valence electrons. The van der Waals surface area contributed by atoms with E-state index >= 15 is 0 Å². The van der Waals surface area contributed by atoms with E-state index < -0.39 is 10.0 Å². The molecule has 0 aliphatic carbocycles. The van der Waals surface area contributed by atoms with Crippen LogP contribution in [-0.2, 0) is 10.0 Å². The van der Waals surface area contributed by atoms with Crippen molar-refractivity contribution in [2.45, 2.75) is 9.79 Å². The van der Waals surface area contributed by atoms with Crippen molar-refractivity contribution < 1.29 is 13.2 Å². The minimum Gasteiger partial charge on any atom is -0.336 e. The summed E-state index contributed by atoms with van der Waals surface area (Å²) in [5, 5.41) is 0. The zero-order valence-electron chi connectivity index (χ0n) is 15.4. The Bertz CT molecular complexity index is 889. The molecule has 0 atom stereocenters. The summed E-state index contributed by atoms with van der Waals surface area (Å²) in [5.41, 5.74) is 0.991. The number of nitrogens with zero attached hydrogens (tertiary/aromatic N) is 2. The molecule has 1 saturated heterocycles. The number of carbonyl (C=O) groups excluding carboxylic acids is 1. The second kappa shape index (κ2) is 8.33. The molecule has 2 aromatic rings. The summed E-state index contributed by atoms with van der Waals surface area (Å²) in [6.45, 7) is 3.13. The van der Waals surface area contributed by atoms with E-state index in [1.54, 1.807) is 60.3 Å². The van der Waals surface area contributed by atoms with Crippen LogP contribution >= 0.6 is 11.8 Å². The standard InChI is InChI=1S/C19H23N3O3S2/c1-21-11-13-22(14-12-21)19(23)15-3-5-16(6-4-15)20-27(24,25)18-9-7-17(26-2)8-10-18/h3-10,20H,11-14H2,1-2H3. The zero-order valence-corrected chi connectivity index (χ0v) is 17.0. The van der Waals surface area contributed by atoms with Crippen molar-refractivity contribution in [1.82, 2.24) is 9.80 Å². The predicted molar refractivity (Wildman–Crippen MR) is 109 cm³/mol. The van der Waals surface area contributed by atoms with Gasteiger partial charge >= 0.3 is 0 Å². The molecule has 0 bridgehead atoms. The van der Waals surface area contributed by atoms with Crippen LogP contribution in [0.3, 0.4) is 0 Å². The summed E-state index contributed by atoms with van der Waals surface area (Å²) in [4.78, 5) is 17.8. The minimum atomic E-state index is -3.66. The van der Waals surface area contributed by atoms with E-state index in [0.717, 1.165) is 18.0 Å². The fourth-order valence-electron chi connectivity index (χ4n) is 2.84. The number of hydrogen-bond acceptors (Lipinski definition) is 5. The van der Waals surface area contributed by atoms with E-state index in [1.807, 2.05) is 18.2 Å². The van der Waals surface area contributed by atoms with E-state index in [-0.39, 0.29) is 10.8 Å². The molecule has 8 heteroatoms. The number of carbonyl (C=O) groups is 1. The van der Waals surface area contributed by atoms with Crippen LogP contribution in [-0.4, -0.2) is 63.6 Å². The largest absolute Gasteiger partial charge is 0.336 e. The summed E-state index contributed by atoms with van der Waals surface area (Å²) >= 11 is 1.55. The smallest absolute Gasteiger partial charge is 0.261 e. The quantitative estimate of drug-likeness (QED) is 0.775. The van der Waals surface area contributed by atoms with Gasteiger partial charge in [-0.2, -0.15) is 0 Å². The van der Waals surface area contributed by atoms with Crippen LogP contribution in [0.5, 0.6) is 0 Å². The molecule has 6 nitrogen and oxygen atoms in total. The molecular formula is C19H23N3O3S2. The van der Waals surface area contributed by atoms with Gasteiger partial charge in [0.1, 0.15) is 0 Å². The van der Waals surface area contributed by atoms with Crippen LogP contribution in [0.15, 0.2) is 58.3 Å². The van der Waals surface area contributed by atoms with Crippen LogP contribution in [0.25, 0.3) is 0 Å². The molecule has 0 unspecified atom stereocenters. The molecule has 0 aromatic heterocycles. The fourth-order valence-corrected chi connectivity index (χ4v) is 4.31. The molecule has 3 rings (SSSR count). The Morgan fingerprint density at radius 3 is 2.11 bits per heavy atom. The van der Waals surface area contributed by atoms with Gasteiger partial charge in [0.15, 0.2) is 0 Å². The van der Waals surface area contributed by atoms with E-state index in [0.29, 0.717) is 24.3 Å². The monoisotopic (exact) mass is 405 g/mol. The lowest BCUT2D eigenvalue weighted by molar-refractivity contribution is 0.0664. The number of rotatable bonds is 5. The van der Waals surface area contributed by atoms with Gasteiger partial charge in [-0.1, -0.05) is 0 Å². The number of anilines is 1. The second-order valence-corrected chi connectivity index (χ2v) is 9.02. The van der Waals surface area contributed by atoms with Crippen molar-refractivity contribution in [3.8, 4) is 0 Å². The van der Waals surface area contributed by atoms with Gasteiger partial charge in [0.25, 0.3) is 15.9 Å². The Balaban J connectivity index is 1.68. The molecule has 27 heavy (non-hydrogen) atoms. The van der Waals surface area contributed by atoms with Gasteiger partial charge in [0.2, 0.25) is 0 Å². The third-order valence-electron chi connectivity index (χ3n) is 4.54. The van der Waals surface area contributed by atoms with Gasteiger partial charge in [-0.15, -0.1) is 11.8 Å². The Morgan fingerprint density at radius 2 is 1.56 bits per heavy atom.